The number of unbranched alkanes of at least 4 members (excludes halogenated alkanes) is 2. The van der Waals surface area contributed by atoms with E-state index in [0.29, 0.717) is 62.2 Å². The summed E-state index contributed by atoms with van der Waals surface area (Å²) in [6.45, 7) is 18.9. The van der Waals surface area contributed by atoms with Crippen molar-refractivity contribution in [2.45, 2.75) is 104 Å². The Morgan fingerprint density at radius 2 is 1.46 bits per heavy atom. The number of piperazine rings is 1. The van der Waals surface area contributed by atoms with Gasteiger partial charge in [-0.15, -0.1) is 0 Å². The minimum Gasteiger partial charge on any atom is -0.494 e. The first-order valence-corrected chi connectivity index (χ1v) is 32.6. The molecule has 1 unspecified atom stereocenters. The number of Topliss-reactive ketones (excluding diaryl/α,β-unsaturated/α-hetero) is 1. The lowest BCUT2D eigenvalue weighted by molar-refractivity contribution is -0.131. The van der Waals surface area contributed by atoms with Gasteiger partial charge in [-0.05, 0) is 140 Å². The number of rotatable bonds is 30. The number of benzene rings is 5. The second-order valence-corrected chi connectivity index (χ2v) is 24.9. The molecule has 0 radical (unpaired) electrons. The average Bonchev–Trinajstić information content (AvgIpc) is 1.69. The first-order valence-electron chi connectivity index (χ1n) is 32.6. The topological polar surface area (TPSA) is 238 Å². The number of likely N-dealkylation sites (N-methyl/N-ethyl adjacent to an activating group) is 1. The van der Waals surface area contributed by atoms with E-state index in [2.05, 4.69) is 82.6 Å². The third-order valence-corrected chi connectivity index (χ3v) is 17.6. The number of nitrogens with zero attached hydrogens (tertiary/aromatic N) is 6. The highest BCUT2D eigenvalue weighted by atomic mass is 16.6. The maximum absolute atomic E-state index is 14.4. The Kier molecular flexibility index (Phi) is 23.0. The number of amides is 4. The van der Waals surface area contributed by atoms with Gasteiger partial charge in [0.15, 0.2) is 23.5 Å². The molecule has 494 valence electrons. The van der Waals surface area contributed by atoms with Crippen molar-refractivity contribution in [2.24, 2.45) is 21.8 Å². The lowest BCUT2D eigenvalue weighted by Crippen LogP contribution is -2.50. The second kappa shape index (κ2) is 31.8. The van der Waals surface area contributed by atoms with Crippen molar-refractivity contribution in [1.82, 2.24) is 20.0 Å². The molecular weight excluding hydrogens is 1180 g/mol. The smallest absolute Gasteiger partial charge is 0.412 e. The number of likely N-dealkylation sites (tertiary alicyclic amines) is 1. The Balaban J connectivity index is 0.632. The van der Waals surface area contributed by atoms with Gasteiger partial charge in [0.25, 0.3) is 5.91 Å². The minimum atomic E-state index is -0.808. The van der Waals surface area contributed by atoms with Crippen LogP contribution in [0, 0.1) is 11.8 Å². The number of fused-ring (bicyclic) bond motifs is 2. The van der Waals surface area contributed by atoms with Crippen LogP contribution in [0.2, 0.25) is 0 Å². The average molecular weight is 1270 g/mol. The van der Waals surface area contributed by atoms with Crippen molar-refractivity contribution in [2.75, 3.05) is 116 Å². The standard InChI is InChI=1S/C72H89N9O12/c1-8-88-34-35-89-32-24-67(83)77-68(46(2)3)64(82)37-48(5)69(84)74-54-18-12-49(13-19-54)45-93-72(86)80-29-33-92-71(80)63-36-47(4)44-81(63)70(85)57-42-65(87-7)66(43-58(57)73)91-31-11-9-10-30-90-56-21-15-50(16-22-56)60-40-53-38-51(17-23-59(53)75-60)61-39-52-14-20-55(41-62(52)76-61)79-27-25-78(6)26-28-79/h12-23,38,41-43,46,48,63,68,71H,4,8-11,24-37,39-40,44-45,73H2,1-3,5-7H3,(H,74,84)(H,77,83)/t48-,63+,68+,71?/m1/s1. The Bertz CT molecular complexity index is 3550. The van der Waals surface area contributed by atoms with Gasteiger partial charge in [-0.25, -0.2) is 4.79 Å². The van der Waals surface area contributed by atoms with Crippen LogP contribution in [0.25, 0.3) is 0 Å². The highest BCUT2D eigenvalue weighted by molar-refractivity contribution is 6.10. The third-order valence-electron chi connectivity index (χ3n) is 17.6. The highest BCUT2D eigenvalue weighted by Crippen LogP contribution is 2.39. The summed E-state index contributed by atoms with van der Waals surface area (Å²) in [6, 6.07) is 30.2. The number of aliphatic imine (C=N–C) groups is 2. The predicted molar refractivity (Wildman–Crippen MR) is 359 cm³/mol. The van der Waals surface area contributed by atoms with E-state index in [9.17, 15) is 24.0 Å². The lowest BCUT2D eigenvalue weighted by Gasteiger charge is -2.34. The molecule has 3 fully saturated rings. The number of anilines is 3. The Morgan fingerprint density at radius 3 is 2.22 bits per heavy atom. The van der Waals surface area contributed by atoms with Gasteiger partial charge >= 0.3 is 6.09 Å². The third kappa shape index (κ3) is 17.3. The van der Waals surface area contributed by atoms with Gasteiger partial charge in [0.05, 0.1) is 93.7 Å². The molecule has 0 aromatic heterocycles. The first-order chi connectivity index (χ1) is 45.0. The molecule has 5 aromatic rings. The molecule has 4 atom stereocenters. The van der Waals surface area contributed by atoms with Crippen molar-refractivity contribution < 1.29 is 57.1 Å². The number of hydrogen-bond donors (Lipinski definition) is 3. The predicted octanol–water partition coefficient (Wildman–Crippen LogP) is 9.89. The van der Waals surface area contributed by atoms with Crippen molar-refractivity contribution >= 4 is 69.5 Å². The number of ether oxygens (including phenoxy) is 7. The molecule has 3 saturated heterocycles. The molecule has 4 N–H and O–H groups in total. The van der Waals surface area contributed by atoms with Crippen LogP contribution in [-0.4, -0.2) is 174 Å². The van der Waals surface area contributed by atoms with E-state index >= 15 is 0 Å². The van der Waals surface area contributed by atoms with E-state index in [1.165, 1.54) is 28.8 Å². The number of methoxy groups -OCH3 is 1. The summed E-state index contributed by atoms with van der Waals surface area (Å²) < 4.78 is 40.6. The fourth-order valence-electron chi connectivity index (χ4n) is 12.2. The molecule has 0 bridgehead atoms. The number of nitrogens with two attached hydrogens (primary N) is 1. The molecule has 10 rings (SSSR count). The van der Waals surface area contributed by atoms with Crippen LogP contribution in [0.5, 0.6) is 17.2 Å². The Labute approximate surface area is 545 Å². The first kappa shape index (κ1) is 67.3. The minimum absolute atomic E-state index is 0.0660. The molecule has 21 heteroatoms. The quantitative estimate of drug-likeness (QED) is 0.0220. The zero-order valence-electron chi connectivity index (χ0n) is 54.5. The number of carbonyl (C=O) groups is 5. The molecule has 5 heterocycles. The molecule has 4 amide bonds. The molecule has 0 spiro atoms. The lowest BCUT2D eigenvalue weighted by atomic mass is 9.92. The van der Waals surface area contributed by atoms with E-state index in [1.807, 2.05) is 32.9 Å². The molecule has 0 saturated carbocycles. The van der Waals surface area contributed by atoms with E-state index in [4.69, 9.17) is 48.9 Å². The summed E-state index contributed by atoms with van der Waals surface area (Å²) in [7, 11) is 3.69. The van der Waals surface area contributed by atoms with Crippen LogP contribution in [0.15, 0.2) is 119 Å². The fraction of sp³-hybridized carbons (Fsp3) is 0.458. The van der Waals surface area contributed by atoms with Gasteiger partial charge in [0.1, 0.15) is 12.4 Å². The van der Waals surface area contributed by atoms with Crippen LogP contribution in [0.4, 0.5) is 33.2 Å². The maximum Gasteiger partial charge on any atom is 0.412 e. The molecule has 0 aliphatic carbocycles. The summed E-state index contributed by atoms with van der Waals surface area (Å²) in [4.78, 5) is 85.3. The van der Waals surface area contributed by atoms with Crippen molar-refractivity contribution in [3.8, 4) is 17.2 Å². The monoisotopic (exact) mass is 1270 g/mol. The van der Waals surface area contributed by atoms with Gasteiger partial charge in [-0.1, -0.05) is 57.2 Å². The number of nitrogen functional groups attached to an aromatic ring is 1. The summed E-state index contributed by atoms with van der Waals surface area (Å²) in [5.74, 6) is -0.552. The second-order valence-electron chi connectivity index (χ2n) is 24.9. The van der Waals surface area contributed by atoms with Crippen molar-refractivity contribution in [3.05, 3.63) is 143 Å². The maximum atomic E-state index is 14.4. The zero-order chi connectivity index (χ0) is 65.5. The molecule has 93 heavy (non-hydrogen) atoms. The largest absolute Gasteiger partial charge is 0.494 e. The molecule has 5 aromatic carbocycles. The van der Waals surface area contributed by atoms with E-state index in [0.717, 1.165) is 104 Å². The fourth-order valence-corrected chi connectivity index (χ4v) is 12.2. The van der Waals surface area contributed by atoms with Gasteiger partial charge in [-0.2, -0.15) is 0 Å². The molecule has 5 aliphatic heterocycles. The van der Waals surface area contributed by atoms with Crippen LogP contribution < -0.4 is 35.5 Å². The van der Waals surface area contributed by atoms with Crippen LogP contribution in [0.3, 0.4) is 0 Å². The zero-order valence-corrected chi connectivity index (χ0v) is 54.5. The molecule has 21 nitrogen and oxygen atoms in total. The van der Waals surface area contributed by atoms with Gasteiger partial charge in [-0.3, -0.25) is 34.1 Å². The summed E-state index contributed by atoms with van der Waals surface area (Å²) in [6.07, 6.45) is 3.03. The highest BCUT2D eigenvalue weighted by Gasteiger charge is 2.45. The van der Waals surface area contributed by atoms with Gasteiger partial charge < -0.3 is 64.2 Å². The number of nitrogens with one attached hydrogen (secondary N) is 2. The molecule has 5 aliphatic rings. The Morgan fingerprint density at radius 1 is 0.742 bits per heavy atom. The van der Waals surface area contributed by atoms with E-state index in [-0.39, 0.29) is 86.4 Å². The van der Waals surface area contributed by atoms with Crippen LogP contribution in [-0.2, 0) is 52.8 Å². The number of carbonyl (C=O) groups excluding carboxylic acids is 5. The number of ketones is 1. The van der Waals surface area contributed by atoms with Gasteiger partial charge in [0, 0.05) is 94.1 Å². The SMILES string of the molecule is C=C1C[C@@H](C2OCCN2C(=O)OCc2ccc(NC(=O)[C@H](C)CC(=O)[C@@H](NC(=O)CCOCCOCC)C(C)C)cc2)N(C(=O)c2cc(OC)c(OCCCCCOc3ccc(C4=Nc5ccc(C6=Nc7cc(N8CCN(C)CC8)ccc7C6)cc5C4)cc3)cc2N)C1. The normalized spacial score (nSPS) is 17.6. The van der Waals surface area contributed by atoms with E-state index < -0.39 is 30.3 Å². The Hall–Kier alpha value is -8.63. The van der Waals surface area contributed by atoms with Crippen molar-refractivity contribution in [3.63, 3.8) is 0 Å². The van der Waals surface area contributed by atoms with Crippen LogP contribution >= 0.6 is 0 Å². The summed E-state index contributed by atoms with van der Waals surface area (Å²) in [5.41, 5.74) is 19.2. The van der Waals surface area contributed by atoms with Gasteiger partial charge in [0.2, 0.25) is 11.8 Å². The van der Waals surface area contributed by atoms with Crippen LogP contribution in [0.1, 0.15) is 104 Å². The summed E-state index contributed by atoms with van der Waals surface area (Å²) >= 11 is 0. The number of hydrogen-bond acceptors (Lipinski definition) is 17. The van der Waals surface area contributed by atoms with E-state index in [1.54, 1.807) is 48.2 Å². The van der Waals surface area contributed by atoms with Crippen molar-refractivity contribution in [1.29, 1.82) is 0 Å². The summed E-state index contributed by atoms with van der Waals surface area (Å²) in [5, 5.41) is 5.66. The molecular formula is C72H89N9O12.